The van der Waals surface area contributed by atoms with Crippen LogP contribution in [0.4, 0.5) is 5.69 Å². The zero-order valence-corrected chi connectivity index (χ0v) is 21.0. The fourth-order valence-electron chi connectivity index (χ4n) is 5.46. The quantitative estimate of drug-likeness (QED) is 0.412. The third-order valence-corrected chi connectivity index (χ3v) is 7.71. The lowest BCUT2D eigenvalue weighted by Gasteiger charge is -2.42. The number of aliphatic hydroxyl groups excluding tert-OH is 1. The Bertz CT molecular complexity index is 1270. The monoisotopic (exact) mass is 487 g/mol. The van der Waals surface area contributed by atoms with Gasteiger partial charge in [0.15, 0.2) is 0 Å². The van der Waals surface area contributed by atoms with Gasteiger partial charge in [-0.05, 0) is 83.8 Å². The normalized spacial score (nSPS) is 21.1. The van der Waals surface area contributed by atoms with Crippen molar-refractivity contribution in [3.63, 3.8) is 0 Å². The number of carbonyl (C=O) groups is 1. The zero-order valence-electron chi connectivity index (χ0n) is 21.0. The number of fused-ring (bicyclic) bond motifs is 1. The smallest absolute Gasteiger partial charge is 0.329 e. The van der Waals surface area contributed by atoms with E-state index in [9.17, 15) is 15.0 Å². The first-order valence-corrected chi connectivity index (χ1v) is 12.4. The van der Waals surface area contributed by atoms with Crippen molar-refractivity contribution >= 4 is 11.7 Å². The molecule has 3 aromatic carbocycles. The molecule has 1 fully saturated rings. The summed E-state index contributed by atoms with van der Waals surface area (Å²) < 4.78 is 12.0. The number of aliphatic carboxylic acids is 1. The fraction of sp³-hybridized carbons (Fsp3) is 0.367. The molecule has 6 nitrogen and oxygen atoms in total. The molecule has 0 heterocycles. The van der Waals surface area contributed by atoms with E-state index in [0.717, 1.165) is 46.4 Å². The maximum absolute atomic E-state index is 12.0. The highest BCUT2D eigenvalue weighted by Gasteiger charge is 2.50. The predicted octanol–water partition coefficient (Wildman–Crippen LogP) is 5.05. The molecule has 0 atom stereocenters. The van der Waals surface area contributed by atoms with Crippen LogP contribution in [-0.4, -0.2) is 41.0 Å². The molecule has 2 aliphatic carbocycles. The minimum atomic E-state index is -1.14. The van der Waals surface area contributed by atoms with E-state index in [1.54, 1.807) is 7.11 Å². The SMILES string of the molecule is COc1cc(-c2ccc(NC3(C(=O)O)CC(O)C3)cc2COC2Cc3ccccc3C2)cc(C)c1C. The van der Waals surface area contributed by atoms with Gasteiger partial charge in [-0.2, -0.15) is 0 Å². The van der Waals surface area contributed by atoms with E-state index in [-0.39, 0.29) is 18.9 Å². The summed E-state index contributed by atoms with van der Waals surface area (Å²) >= 11 is 0. The van der Waals surface area contributed by atoms with Gasteiger partial charge in [0, 0.05) is 18.5 Å². The molecule has 0 bridgehead atoms. The average Bonchev–Trinajstić information content (AvgIpc) is 3.26. The van der Waals surface area contributed by atoms with Crippen molar-refractivity contribution in [2.45, 2.75) is 63.9 Å². The number of ether oxygens (including phenoxy) is 2. The topological polar surface area (TPSA) is 88.0 Å². The first-order valence-electron chi connectivity index (χ1n) is 12.4. The molecule has 188 valence electrons. The lowest BCUT2D eigenvalue weighted by Crippen LogP contribution is -2.58. The summed E-state index contributed by atoms with van der Waals surface area (Å²) in [5.41, 5.74) is 7.51. The van der Waals surface area contributed by atoms with Crippen LogP contribution in [0.3, 0.4) is 0 Å². The van der Waals surface area contributed by atoms with Crippen LogP contribution < -0.4 is 10.1 Å². The number of hydrogen-bond acceptors (Lipinski definition) is 5. The molecule has 0 saturated heterocycles. The number of aliphatic hydroxyl groups is 1. The molecule has 0 radical (unpaired) electrons. The molecular formula is C30H33NO5. The highest BCUT2D eigenvalue weighted by atomic mass is 16.5. The molecule has 0 unspecified atom stereocenters. The Balaban J connectivity index is 1.45. The van der Waals surface area contributed by atoms with Gasteiger partial charge in [-0.25, -0.2) is 4.79 Å². The Morgan fingerprint density at radius 3 is 2.36 bits per heavy atom. The van der Waals surface area contributed by atoms with Crippen LogP contribution in [0.25, 0.3) is 11.1 Å². The number of carboxylic acids is 1. The van der Waals surface area contributed by atoms with Crippen molar-refractivity contribution in [2.75, 3.05) is 12.4 Å². The molecule has 0 amide bonds. The van der Waals surface area contributed by atoms with Gasteiger partial charge in [0.25, 0.3) is 0 Å². The lowest BCUT2D eigenvalue weighted by molar-refractivity contribution is -0.149. The zero-order chi connectivity index (χ0) is 25.4. The molecule has 0 spiro atoms. The van der Waals surface area contributed by atoms with Crippen molar-refractivity contribution in [2.24, 2.45) is 0 Å². The van der Waals surface area contributed by atoms with Crippen molar-refractivity contribution in [1.29, 1.82) is 0 Å². The minimum absolute atomic E-state index is 0.105. The first kappa shape index (κ1) is 24.3. The van der Waals surface area contributed by atoms with Gasteiger partial charge in [0.2, 0.25) is 0 Å². The summed E-state index contributed by atoms with van der Waals surface area (Å²) in [7, 11) is 1.68. The number of carboxylic acid groups (broad SMARTS) is 1. The van der Waals surface area contributed by atoms with Crippen LogP contribution >= 0.6 is 0 Å². The van der Waals surface area contributed by atoms with E-state index in [4.69, 9.17) is 9.47 Å². The van der Waals surface area contributed by atoms with Crippen molar-refractivity contribution in [3.8, 4) is 16.9 Å². The number of benzene rings is 3. The summed E-state index contributed by atoms with van der Waals surface area (Å²) in [6, 6.07) is 18.5. The Hall–Kier alpha value is -3.35. The number of rotatable bonds is 8. The van der Waals surface area contributed by atoms with Crippen LogP contribution in [0.1, 0.15) is 40.7 Å². The Morgan fingerprint density at radius 1 is 1.06 bits per heavy atom. The summed E-state index contributed by atoms with van der Waals surface area (Å²) in [5, 5.41) is 22.8. The summed E-state index contributed by atoms with van der Waals surface area (Å²) in [6.45, 7) is 4.52. The minimum Gasteiger partial charge on any atom is -0.496 e. The third-order valence-electron chi connectivity index (χ3n) is 7.71. The maximum atomic E-state index is 12.0. The molecule has 1 saturated carbocycles. The van der Waals surface area contributed by atoms with Gasteiger partial charge in [-0.15, -0.1) is 0 Å². The fourth-order valence-corrected chi connectivity index (χ4v) is 5.46. The Labute approximate surface area is 211 Å². The molecule has 0 aromatic heterocycles. The highest BCUT2D eigenvalue weighted by Crippen LogP contribution is 2.38. The van der Waals surface area contributed by atoms with Gasteiger partial charge < -0.3 is 25.0 Å². The van der Waals surface area contributed by atoms with Crippen LogP contribution in [-0.2, 0) is 29.0 Å². The lowest BCUT2D eigenvalue weighted by atomic mass is 9.74. The summed E-state index contributed by atoms with van der Waals surface area (Å²) in [6.07, 6.45) is 1.66. The van der Waals surface area contributed by atoms with Crippen molar-refractivity contribution < 1.29 is 24.5 Å². The van der Waals surface area contributed by atoms with Gasteiger partial charge in [-0.3, -0.25) is 0 Å². The van der Waals surface area contributed by atoms with E-state index in [0.29, 0.717) is 12.3 Å². The Kier molecular flexibility index (Phi) is 6.49. The second-order valence-electron chi connectivity index (χ2n) is 10.2. The number of aryl methyl sites for hydroxylation is 1. The van der Waals surface area contributed by atoms with E-state index < -0.39 is 17.6 Å². The molecule has 36 heavy (non-hydrogen) atoms. The summed E-state index contributed by atoms with van der Waals surface area (Å²) in [5.74, 6) is -0.115. The molecule has 3 N–H and O–H groups in total. The molecule has 0 aliphatic heterocycles. The second kappa shape index (κ2) is 9.60. The Morgan fingerprint density at radius 2 is 1.75 bits per heavy atom. The first-order chi connectivity index (χ1) is 17.3. The number of nitrogens with one attached hydrogen (secondary N) is 1. The molecular weight excluding hydrogens is 454 g/mol. The largest absolute Gasteiger partial charge is 0.496 e. The van der Waals surface area contributed by atoms with Crippen molar-refractivity contribution in [3.05, 3.63) is 82.4 Å². The molecule has 5 rings (SSSR count). The van der Waals surface area contributed by atoms with E-state index in [2.05, 4.69) is 42.6 Å². The van der Waals surface area contributed by atoms with Crippen LogP contribution in [0, 0.1) is 13.8 Å². The highest BCUT2D eigenvalue weighted by molar-refractivity contribution is 5.85. The van der Waals surface area contributed by atoms with Gasteiger partial charge in [-0.1, -0.05) is 36.4 Å². The molecule has 3 aromatic rings. The predicted molar refractivity (Wildman–Crippen MR) is 140 cm³/mol. The van der Waals surface area contributed by atoms with Gasteiger partial charge >= 0.3 is 5.97 Å². The van der Waals surface area contributed by atoms with E-state index >= 15 is 0 Å². The third kappa shape index (κ3) is 4.59. The van der Waals surface area contributed by atoms with Crippen LogP contribution in [0.5, 0.6) is 5.75 Å². The molecule has 2 aliphatic rings. The van der Waals surface area contributed by atoms with E-state index in [1.165, 1.54) is 11.1 Å². The van der Waals surface area contributed by atoms with Crippen LogP contribution in [0.15, 0.2) is 54.6 Å². The maximum Gasteiger partial charge on any atom is 0.329 e. The van der Waals surface area contributed by atoms with Crippen LogP contribution in [0.2, 0.25) is 0 Å². The average molecular weight is 488 g/mol. The standard InChI is InChI=1S/C30H33NO5/c1-18-10-22(14-28(35-3)19(18)2)27-9-8-24(31-30(29(33)34)15-25(32)16-30)11-23(27)17-36-26-12-20-6-4-5-7-21(20)13-26/h4-11,14,25-26,31-32H,12-13,15-17H2,1-3H3,(H,33,34). The van der Waals surface area contributed by atoms with Crippen molar-refractivity contribution in [1.82, 2.24) is 0 Å². The molecule has 6 heteroatoms. The van der Waals surface area contributed by atoms with Gasteiger partial charge in [0.05, 0.1) is 25.9 Å². The number of methoxy groups -OCH3 is 1. The number of hydrogen-bond donors (Lipinski definition) is 3. The summed E-state index contributed by atoms with van der Waals surface area (Å²) in [4.78, 5) is 12.0. The second-order valence-corrected chi connectivity index (χ2v) is 10.2. The van der Waals surface area contributed by atoms with Gasteiger partial charge in [0.1, 0.15) is 11.3 Å². The number of anilines is 1. The van der Waals surface area contributed by atoms with E-state index in [1.807, 2.05) is 31.2 Å².